The number of carbonyl (C=O) groups is 2. The van der Waals surface area contributed by atoms with E-state index in [4.69, 9.17) is 27.9 Å². The molecule has 3 aromatic rings. The lowest BCUT2D eigenvalue weighted by molar-refractivity contribution is -0.143. The Morgan fingerprint density at radius 2 is 1.63 bits per heavy atom. The van der Waals surface area contributed by atoms with Gasteiger partial charge in [-0.15, -0.1) is 0 Å². The van der Waals surface area contributed by atoms with Gasteiger partial charge in [-0.1, -0.05) is 77.8 Å². The summed E-state index contributed by atoms with van der Waals surface area (Å²) in [6.07, 6.45) is 0.343. The van der Waals surface area contributed by atoms with Gasteiger partial charge in [0.15, 0.2) is 6.61 Å². The Balaban J connectivity index is 1.94. The van der Waals surface area contributed by atoms with E-state index in [1.807, 2.05) is 69.3 Å². The molecule has 5 nitrogen and oxygen atoms in total. The van der Waals surface area contributed by atoms with Crippen LogP contribution in [0.3, 0.4) is 0 Å². The van der Waals surface area contributed by atoms with E-state index < -0.39 is 11.6 Å². The number of nitrogens with one attached hydrogen (secondary N) is 1. The molecule has 7 heteroatoms. The van der Waals surface area contributed by atoms with Crippen LogP contribution in [-0.4, -0.2) is 34.9 Å². The first-order valence-electron chi connectivity index (χ1n) is 11.4. The highest BCUT2D eigenvalue weighted by Crippen LogP contribution is 2.22. The molecule has 0 aromatic heterocycles. The van der Waals surface area contributed by atoms with Crippen molar-refractivity contribution in [2.75, 3.05) is 6.61 Å². The minimum Gasteiger partial charge on any atom is -0.484 e. The second-order valence-corrected chi connectivity index (χ2v) is 10.1. The number of halogens is 2. The molecule has 0 spiro atoms. The Bertz CT molecular complexity index is 1150. The van der Waals surface area contributed by atoms with Crippen LogP contribution in [0.5, 0.6) is 5.75 Å². The maximum absolute atomic E-state index is 13.6. The smallest absolute Gasteiger partial charge is 0.261 e. The molecule has 0 aliphatic carbocycles. The number of benzene rings is 3. The maximum atomic E-state index is 13.6. The molecule has 35 heavy (non-hydrogen) atoms. The monoisotopic (exact) mass is 512 g/mol. The molecule has 184 valence electrons. The summed E-state index contributed by atoms with van der Waals surface area (Å²) < 4.78 is 5.74. The minimum absolute atomic E-state index is 0.159. The van der Waals surface area contributed by atoms with Crippen LogP contribution in [0.1, 0.15) is 31.9 Å². The van der Waals surface area contributed by atoms with Crippen LogP contribution in [0.25, 0.3) is 0 Å². The molecular formula is C28H30Cl2N2O3. The normalized spacial score (nSPS) is 12.0. The first-order chi connectivity index (χ1) is 16.6. The molecule has 0 bridgehead atoms. The van der Waals surface area contributed by atoms with Crippen LogP contribution in [0, 0.1) is 0 Å². The second kappa shape index (κ2) is 12.1. The van der Waals surface area contributed by atoms with Crippen molar-refractivity contribution >= 4 is 35.0 Å². The SMILES string of the molecule is CC(C)(C)NC(=O)[C@@H](Cc1ccccc1)N(Cc1ccccc1Cl)C(=O)COc1cccc(Cl)c1. The Morgan fingerprint density at radius 1 is 0.943 bits per heavy atom. The molecule has 1 atom stereocenters. The first kappa shape index (κ1) is 26.6. The van der Waals surface area contributed by atoms with Gasteiger partial charge in [0.25, 0.3) is 5.91 Å². The number of ether oxygens (including phenoxy) is 1. The summed E-state index contributed by atoms with van der Waals surface area (Å²) >= 11 is 12.5. The molecular weight excluding hydrogens is 483 g/mol. The van der Waals surface area contributed by atoms with Crippen LogP contribution in [0.2, 0.25) is 10.0 Å². The summed E-state index contributed by atoms with van der Waals surface area (Å²) in [5.74, 6) is -0.110. The van der Waals surface area contributed by atoms with Gasteiger partial charge in [0.05, 0.1) is 0 Å². The fraction of sp³-hybridized carbons (Fsp3) is 0.286. The second-order valence-electron chi connectivity index (χ2n) is 9.30. The average molecular weight is 513 g/mol. The summed E-state index contributed by atoms with van der Waals surface area (Å²) in [5, 5.41) is 4.06. The lowest BCUT2D eigenvalue weighted by atomic mass is 10.0. The van der Waals surface area contributed by atoms with E-state index >= 15 is 0 Å². The fourth-order valence-electron chi connectivity index (χ4n) is 3.60. The maximum Gasteiger partial charge on any atom is 0.261 e. The molecule has 2 amide bonds. The zero-order chi connectivity index (χ0) is 25.4. The van der Waals surface area contributed by atoms with Crippen LogP contribution < -0.4 is 10.1 Å². The Labute approximate surface area is 217 Å². The van der Waals surface area contributed by atoms with E-state index in [-0.39, 0.29) is 25.0 Å². The van der Waals surface area contributed by atoms with Gasteiger partial charge in [-0.05, 0) is 56.2 Å². The van der Waals surface area contributed by atoms with E-state index in [1.54, 1.807) is 35.2 Å². The summed E-state index contributed by atoms with van der Waals surface area (Å²) in [6.45, 7) is 5.64. The lowest BCUT2D eigenvalue weighted by Crippen LogP contribution is -2.55. The van der Waals surface area contributed by atoms with E-state index in [1.165, 1.54) is 0 Å². The van der Waals surface area contributed by atoms with Crippen molar-refractivity contribution in [1.82, 2.24) is 10.2 Å². The average Bonchev–Trinajstić information content (AvgIpc) is 2.80. The van der Waals surface area contributed by atoms with Gasteiger partial charge in [-0.25, -0.2) is 0 Å². The summed E-state index contributed by atoms with van der Waals surface area (Å²) in [6, 6.07) is 23.0. The van der Waals surface area contributed by atoms with Crippen LogP contribution in [0.4, 0.5) is 0 Å². The van der Waals surface area contributed by atoms with Crippen molar-refractivity contribution in [3.8, 4) is 5.75 Å². The number of amides is 2. The molecule has 3 aromatic carbocycles. The summed E-state index contributed by atoms with van der Waals surface area (Å²) in [4.78, 5) is 28.6. The van der Waals surface area contributed by atoms with E-state index in [2.05, 4.69) is 5.32 Å². The van der Waals surface area contributed by atoms with Crippen molar-refractivity contribution in [3.63, 3.8) is 0 Å². The zero-order valence-corrected chi connectivity index (χ0v) is 21.6. The van der Waals surface area contributed by atoms with Crippen LogP contribution in [0.15, 0.2) is 78.9 Å². The standard InChI is InChI=1S/C28H30Cl2N2O3/c1-28(2,3)31-27(34)25(16-20-10-5-4-6-11-20)32(18-21-12-7-8-15-24(21)30)26(33)19-35-23-14-9-13-22(29)17-23/h4-15,17,25H,16,18-19H2,1-3H3,(H,31,34)/t25-/m1/s1. The first-order valence-corrected chi connectivity index (χ1v) is 12.1. The largest absolute Gasteiger partial charge is 0.484 e. The van der Waals surface area contributed by atoms with Gasteiger partial charge in [0.1, 0.15) is 11.8 Å². The molecule has 0 aliphatic rings. The molecule has 0 heterocycles. The number of nitrogens with zero attached hydrogens (tertiary/aromatic N) is 1. The predicted octanol–water partition coefficient (Wildman–Crippen LogP) is 5.93. The molecule has 0 unspecified atom stereocenters. The third kappa shape index (κ3) is 8.30. The van der Waals surface area contributed by atoms with Gasteiger partial charge in [-0.2, -0.15) is 0 Å². The zero-order valence-electron chi connectivity index (χ0n) is 20.1. The molecule has 0 radical (unpaired) electrons. The van der Waals surface area contributed by atoms with Crippen molar-refractivity contribution in [3.05, 3.63) is 100 Å². The highest BCUT2D eigenvalue weighted by atomic mass is 35.5. The third-order valence-corrected chi connectivity index (χ3v) is 5.83. The van der Waals surface area contributed by atoms with Crippen LogP contribution in [-0.2, 0) is 22.6 Å². The van der Waals surface area contributed by atoms with E-state index in [0.717, 1.165) is 11.1 Å². The third-order valence-electron chi connectivity index (χ3n) is 5.23. The van der Waals surface area contributed by atoms with Gasteiger partial charge in [-0.3, -0.25) is 9.59 Å². The number of rotatable bonds is 9. The van der Waals surface area contributed by atoms with Crippen molar-refractivity contribution < 1.29 is 14.3 Å². The predicted molar refractivity (Wildman–Crippen MR) is 141 cm³/mol. The van der Waals surface area contributed by atoms with E-state index in [0.29, 0.717) is 22.2 Å². The summed E-state index contributed by atoms with van der Waals surface area (Å²) in [7, 11) is 0. The van der Waals surface area contributed by atoms with Gasteiger partial charge in [0, 0.05) is 28.5 Å². The highest BCUT2D eigenvalue weighted by molar-refractivity contribution is 6.31. The fourth-order valence-corrected chi connectivity index (χ4v) is 3.98. The molecule has 0 saturated carbocycles. The highest BCUT2D eigenvalue weighted by Gasteiger charge is 2.32. The van der Waals surface area contributed by atoms with Crippen LogP contribution >= 0.6 is 23.2 Å². The molecule has 0 saturated heterocycles. The number of hydrogen-bond donors (Lipinski definition) is 1. The van der Waals surface area contributed by atoms with Crippen molar-refractivity contribution in [1.29, 1.82) is 0 Å². The Kier molecular flexibility index (Phi) is 9.19. The molecule has 3 rings (SSSR count). The topological polar surface area (TPSA) is 58.6 Å². The summed E-state index contributed by atoms with van der Waals surface area (Å²) in [5.41, 5.74) is 1.21. The Morgan fingerprint density at radius 3 is 2.29 bits per heavy atom. The quantitative estimate of drug-likeness (QED) is 0.386. The van der Waals surface area contributed by atoms with Gasteiger partial charge >= 0.3 is 0 Å². The van der Waals surface area contributed by atoms with E-state index in [9.17, 15) is 9.59 Å². The van der Waals surface area contributed by atoms with Gasteiger partial charge in [0.2, 0.25) is 5.91 Å². The molecule has 1 N–H and O–H groups in total. The molecule has 0 aliphatic heterocycles. The Hall–Kier alpha value is -3.02. The minimum atomic E-state index is -0.775. The van der Waals surface area contributed by atoms with Crippen molar-refractivity contribution in [2.24, 2.45) is 0 Å². The number of hydrogen-bond acceptors (Lipinski definition) is 3. The van der Waals surface area contributed by atoms with Gasteiger partial charge < -0.3 is 15.0 Å². The lowest BCUT2D eigenvalue weighted by Gasteiger charge is -2.34. The number of carbonyl (C=O) groups excluding carboxylic acids is 2. The van der Waals surface area contributed by atoms with Crippen molar-refractivity contribution in [2.45, 2.75) is 45.3 Å². The molecule has 0 fully saturated rings.